The van der Waals surface area contributed by atoms with Gasteiger partial charge >= 0.3 is 0 Å². The average Bonchev–Trinajstić information content (AvgIpc) is 2.17. The predicted molar refractivity (Wildman–Crippen MR) is 58.0 cm³/mol. The van der Waals surface area contributed by atoms with Crippen molar-refractivity contribution in [1.82, 2.24) is 0 Å². The summed E-state index contributed by atoms with van der Waals surface area (Å²) in [4.78, 5) is 0. The molecule has 0 aliphatic rings. The zero-order valence-electron chi connectivity index (χ0n) is 8.80. The van der Waals surface area contributed by atoms with Gasteiger partial charge in [0.2, 0.25) is 0 Å². The molecule has 72 valence electrons. The van der Waals surface area contributed by atoms with Gasteiger partial charge in [-0.2, -0.15) is 0 Å². The van der Waals surface area contributed by atoms with Crippen molar-refractivity contribution in [3.63, 3.8) is 0 Å². The molecule has 1 aromatic carbocycles. The van der Waals surface area contributed by atoms with E-state index in [1.54, 1.807) is 0 Å². The SMILES string of the molecule is CCc1cc(C(C)CN)ccc1C. The van der Waals surface area contributed by atoms with Crippen LogP contribution in [0.25, 0.3) is 0 Å². The van der Waals surface area contributed by atoms with E-state index in [-0.39, 0.29) is 0 Å². The lowest BCUT2D eigenvalue weighted by molar-refractivity contribution is 0.771. The molecule has 1 heteroatoms. The summed E-state index contributed by atoms with van der Waals surface area (Å²) in [5.41, 5.74) is 9.83. The fourth-order valence-electron chi connectivity index (χ4n) is 1.51. The molecule has 0 fully saturated rings. The topological polar surface area (TPSA) is 26.0 Å². The first kappa shape index (κ1) is 10.3. The molecule has 13 heavy (non-hydrogen) atoms. The Hall–Kier alpha value is -0.820. The van der Waals surface area contributed by atoms with Crippen LogP contribution in [0.5, 0.6) is 0 Å². The van der Waals surface area contributed by atoms with E-state index in [0.29, 0.717) is 5.92 Å². The van der Waals surface area contributed by atoms with Crippen molar-refractivity contribution in [2.45, 2.75) is 33.1 Å². The third-order valence-corrected chi connectivity index (χ3v) is 2.68. The molecule has 0 aromatic heterocycles. The fourth-order valence-corrected chi connectivity index (χ4v) is 1.51. The summed E-state index contributed by atoms with van der Waals surface area (Å²) in [6.07, 6.45) is 1.11. The summed E-state index contributed by atoms with van der Waals surface area (Å²) in [5, 5.41) is 0. The van der Waals surface area contributed by atoms with Crippen molar-refractivity contribution >= 4 is 0 Å². The second-order valence-corrected chi connectivity index (χ2v) is 3.68. The summed E-state index contributed by atoms with van der Waals surface area (Å²) in [5.74, 6) is 0.478. The van der Waals surface area contributed by atoms with Crippen LogP contribution in [0.15, 0.2) is 18.2 Å². The van der Waals surface area contributed by atoms with Crippen LogP contribution in [-0.2, 0) is 6.42 Å². The van der Waals surface area contributed by atoms with Crippen molar-refractivity contribution in [2.75, 3.05) is 6.54 Å². The Bertz CT molecular complexity index is 278. The predicted octanol–water partition coefficient (Wildman–Crippen LogP) is 2.62. The van der Waals surface area contributed by atoms with Crippen molar-refractivity contribution in [2.24, 2.45) is 5.73 Å². The summed E-state index contributed by atoms with van der Waals surface area (Å²) in [6.45, 7) is 7.26. The molecule has 0 heterocycles. The van der Waals surface area contributed by atoms with Crippen LogP contribution in [-0.4, -0.2) is 6.54 Å². The van der Waals surface area contributed by atoms with Crippen molar-refractivity contribution < 1.29 is 0 Å². The minimum absolute atomic E-state index is 0.478. The van der Waals surface area contributed by atoms with Gasteiger partial charge in [0.05, 0.1) is 0 Å². The Labute approximate surface area is 81.0 Å². The highest BCUT2D eigenvalue weighted by molar-refractivity contribution is 5.32. The number of aryl methyl sites for hydroxylation is 2. The van der Waals surface area contributed by atoms with E-state index in [2.05, 4.69) is 39.0 Å². The molecule has 0 aliphatic heterocycles. The summed E-state index contributed by atoms with van der Waals surface area (Å²) in [7, 11) is 0. The Morgan fingerprint density at radius 1 is 1.38 bits per heavy atom. The van der Waals surface area contributed by atoms with Crippen LogP contribution < -0.4 is 5.73 Å². The summed E-state index contributed by atoms with van der Waals surface area (Å²) < 4.78 is 0. The van der Waals surface area contributed by atoms with Gasteiger partial charge in [0.15, 0.2) is 0 Å². The van der Waals surface area contributed by atoms with E-state index in [9.17, 15) is 0 Å². The maximum Gasteiger partial charge on any atom is -0.00109 e. The van der Waals surface area contributed by atoms with Gasteiger partial charge in [-0.25, -0.2) is 0 Å². The first-order valence-electron chi connectivity index (χ1n) is 4.98. The number of hydrogen-bond acceptors (Lipinski definition) is 1. The lowest BCUT2D eigenvalue weighted by Crippen LogP contribution is -2.09. The van der Waals surface area contributed by atoms with Gasteiger partial charge in [0, 0.05) is 0 Å². The molecule has 1 unspecified atom stereocenters. The third-order valence-electron chi connectivity index (χ3n) is 2.68. The Kier molecular flexibility index (Phi) is 3.49. The van der Waals surface area contributed by atoms with Gasteiger partial charge in [-0.05, 0) is 42.5 Å². The minimum atomic E-state index is 0.478. The highest BCUT2D eigenvalue weighted by Gasteiger charge is 2.04. The van der Waals surface area contributed by atoms with Crippen LogP contribution in [0.1, 0.15) is 36.5 Å². The van der Waals surface area contributed by atoms with E-state index in [1.165, 1.54) is 16.7 Å². The molecule has 1 nitrogen and oxygen atoms in total. The largest absolute Gasteiger partial charge is 0.330 e. The van der Waals surface area contributed by atoms with Crippen molar-refractivity contribution in [1.29, 1.82) is 0 Å². The number of hydrogen-bond donors (Lipinski definition) is 1. The minimum Gasteiger partial charge on any atom is -0.330 e. The molecular weight excluding hydrogens is 158 g/mol. The Morgan fingerprint density at radius 2 is 2.08 bits per heavy atom. The van der Waals surface area contributed by atoms with Gasteiger partial charge in [-0.15, -0.1) is 0 Å². The van der Waals surface area contributed by atoms with Gasteiger partial charge < -0.3 is 5.73 Å². The maximum atomic E-state index is 5.63. The number of nitrogens with two attached hydrogens (primary N) is 1. The maximum absolute atomic E-state index is 5.63. The zero-order chi connectivity index (χ0) is 9.84. The Balaban J connectivity index is 2.99. The molecular formula is C12H19N. The highest BCUT2D eigenvalue weighted by atomic mass is 14.5. The van der Waals surface area contributed by atoms with E-state index in [1.807, 2.05) is 0 Å². The standard InChI is InChI=1S/C12H19N/c1-4-11-7-12(10(3)8-13)6-5-9(11)2/h5-7,10H,4,8,13H2,1-3H3. The second kappa shape index (κ2) is 4.43. The van der Waals surface area contributed by atoms with Crippen LogP contribution in [0.4, 0.5) is 0 Å². The quantitative estimate of drug-likeness (QED) is 0.754. The first-order chi connectivity index (χ1) is 6.19. The molecule has 0 saturated carbocycles. The molecule has 0 bridgehead atoms. The molecule has 0 saturated heterocycles. The molecule has 0 aliphatic carbocycles. The molecule has 1 aromatic rings. The van der Waals surface area contributed by atoms with Gasteiger partial charge in [0.1, 0.15) is 0 Å². The molecule has 1 atom stereocenters. The van der Waals surface area contributed by atoms with E-state index in [0.717, 1.165) is 13.0 Å². The van der Waals surface area contributed by atoms with Crippen LogP contribution in [0, 0.1) is 6.92 Å². The summed E-state index contributed by atoms with van der Waals surface area (Å²) in [6, 6.07) is 6.67. The van der Waals surface area contributed by atoms with E-state index < -0.39 is 0 Å². The van der Waals surface area contributed by atoms with Crippen LogP contribution in [0.2, 0.25) is 0 Å². The van der Waals surface area contributed by atoms with Gasteiger partial charge in [-0.1, -0.05) is 32.0 Å². The molecule has 0 radical (unpaired) electrons. The Morgan fingerprint density at radius 3 is 2.62 bits per heavy atom. The van der Waals surface area contributed by atoms with Crippen molar-refractivity contribution in [3.05, 3.63) is 34.9 Å². The highest BCUT2D eigenvalue weighted by Crippen LogP contribution is 2.18. The van der Waals surface area contributed by atoms with Crippen LogP contribution in [0.3, 0.4) is 0 Å². The van der Waals surface area contributed by atoms with E-state index in [4.69, 9.17) is 5.73 Å². The second-order valence-electron chi connectivity index (χ2n) is 3.68. The zero-order valence-corrected chi connectivity index (χ0v) is 8.80. The lowest BCUT2D eigenvalue weighted by atomic mass is 9.96. The number of rotatable bonds is 3. The van der Waals surface area contributed by atoms with Crippen LogP contribution >= 0.6 is 0 Å². The number of benzene rings is 1. The first-order valence-corrected chi connectivity index (χ1v) is 4.98. The lowest BCUT2D eigenvalue weighted by Gasteiger charge is -2.11. The van der Waals surface area contributed by atoms with Gasteiger partial charge in [-0.3, -0.25) is 0 Å². The molecule has 0 spiro atoms. The molecule has 2 N–H and O–H groups in total. The smallest absolute Gasteiger partial charge is 0.00109 e. The normalized spacial score (nSPS) is 12.9. The third kappa shape index (κ3) is 2.31. The van der Waals surface area contributed by atoms with Crippen molar-refractivity contribution in [3.8, 4) is 0 Å². The fraction of sp³-hybridized carbons (Fsp3) is 0.500. The van der Waals surface area contributed by atoms with E-state index >= 15 is 0 Å². The summed E-state index contributed by atoms with van der Waals surface area (Å²) >= 11 is 0. The molecule has 0 amide bonds. The monoisotopic (exact) mass is 177 g/mol. The molecule has 1 rings (SSSR count). The van der Waals surface area contributed by atoms with Gasteiger partial charge in [0.25, 0.3) is 0 Å². The average molecular weight is 177 g/mol.